The van der Waals surface area contributed by atoms with Crippen LogP contribution < -0.4 is 15.0 Å². The van der Waals surface area contributed by atoms with Gasteiger partial charge in [-0.3, -0.25) is 9.78 Å². The van der Waals surface area contributed by atoms with Crippen molar-refractivity contribution in [2.24, 2.45) is 0 Å². The zero-order chi connectivity index (χ0) is 26.2. The molecule has 6 nitrogen and oxygen atoms in total. The Hall–Kier alpha value is -3.92. The maximum Gasteiger partial charge on any atom is 0.417 e. The first-order valence-corrected chi connectivity index (χ1v) is 11.7. The highest BCUT2D eigenvalue weighted by Crippen LogP contribution is 2.35. The number of alkyl halides is 3. The lowest BCUT2D eigenvalue weighted by atomic mass is 10.1. The molecule has 4 aromatic rings. The number of nitrogens with zero attached hydrogens (tertiary/aromatic N) is 3. The Morgan fingerprint density at radius 3 is 2.54 bits per heavy atom. The second kappa shape index (κ2) is 9.85. The van der Waals surface area contributed by atoms with Crippen LogP contribution in [0.25, 0.3) is 11.0 Å². The van der Waals surface area contributed by atoms with Gasteiger partial charge in [-0.1, -0.05) is 11.6 Å². The van der Waals surface area contributed by atoms with Crippen LogP contribution in [0.15, 0.2) is 60.8 Å². The van der Waals surface area contributed by atoms with E-state index in [1.165, 1.54) is 18.2 Å². The second-order valence-electron chi connectivity index (χ2n) is 8.47. The van der Waals surface area contributed by atoms with Crippen molar-refractivity contribution in [3.05, 3.63) is 82.8 Å². The van der Waals surface area contributed by atoms with E-state index in [4.69, 9.17) is 16.3 Å². The number of carbonyl (C=O) groups is 1. The monoisotopic (exact) mass is 530 g/mol. The molecule has 3 aromatic carbocycles. The molecule has 0 spiro atoms. The fourth-order valence-electron chi connectivity index (χ4n) is 4.02. The number of nitrogens with one attached hydrogen (secondary N) is 1. The molecule has 1 N–H and O–H groups in total. The predicted octanol–water partition coefficient (Wildman–Crippen LogP) is 7.09. The lowest BCUT2D eigenvalue weighted by Gasteiger charge is -2.16. The molecule has 1 aromatic heterocycles. The van der Waals surface area contributed by atoms with Gasteiger partial charge in [0.05, 0.1) is 27.8 Å². The van der Waals surface area contributed by atoms with E-state index in [2.05, 4.69) is 20.2 Å². The van der Waals surface area contributed by atoms with E-state index in [9.17, 15) is 22.4 Å². The first-order valence-electron chi connectivity index (χ1n) is 11.3. The molecule has 1 aliphatic heterocycles. The normalized spacial score (nSPS) is 13.7. The molecule has 2 heterocycles. The van der Waals surface area contributed by atoms with Crippen molar-refractivity contribution in [1.82, 2.24) is 9.97 Å². The first-order chi connectivity index (χ1) is 17.7. The van der Waals surface area contributed by atoms with Crippen molar-refractivity contribution in [3.63, 3.8) is 0 Å². The van der Waals surface area contributed by atoms with Crippen LogP contribution in [0.1, 0.15) is 28.8 Å². The summed E-state index contributed by atoms with van der Waals surface area (Å²) in [5.74, 6) is -0.645. The van der Waals surface area contributed by atoms with Gasteiger partial charge in [-0.15, -0.1) is 0 Å². The third-order valence-electron chi connectivity index (χ3n) is 5.88. The van der Waals surface area contributed by atoms with E-state index >= 15 is 0 Å². The van der Waals surface area contributed by atoms with Gasteiger partial charge >= 0.3 is 6.18 Å². The largest absolute Gasteiger partial charge is 0.454 e. The Morgan fingerprint density at radius 2 is 1.78 bits per heavy atom. The zero-order valence-corrected chi connectivity index (χ0v) is 19.9. The van der Waals surface area contributed by atoms with Crippen molar-refractivity contribution in [3.8, 4) is 11.5 Å². The summed E-state index contributed by atoms with van der Waals surface area (Å²) in [6, 6.07) is 11.4. The molecule has 0 aliphatic carbocycles. The number of halogens is 5. The highest BCUT2D eigenvalue weighted by atomic mass is 35.5. The molecule has 11 heteroatoms. The molecule has 5 rings (SSSR count). The van der Waals surface area contributed by atoms with Crippen LogP contribution in [0, 0.1) is 5.82 Å². The maximum atomic E-state index is 14.5. The third-order valence-corrected chi connectivity index (χ3v) is 6.21. The highest BCUT2D eigenvalue weighted by molar-refractivity contribution is 6.31. The Labute approximate surface area is 213 Å². The van der Waals surface area contributed by atoms with Gasteiger partial charge in [-0.05, 0) is 55.3 Å². The lowest BCUT2D eigenvalue weighted by Crippen LogP contribution is -2.19. The Kier molecular flexibility index (Phi) is 6.59. The summed E-state index contributed by atoms with van der Waals surface area (Å²) < 4.78 is 59.6. The van der Waals surface area contributed by atoms with E-state index in [1.807, 2.05) is 0 Å². The molecule has 1 fully saturated rings. The minimum Gasteiger partial charge on any atom is -0.454 e. The molecule has 0 atom stereocenters. The Balaban J connectivity index is 1.36. The molecule has 0 radical (unpaired) electrons. The lowest BCUT2D eigenvalue weighted by molar-refractivity contribution is -0.137. The molecule has 0 unspecified atom stereocenters. The maximum absolute atomic E-state index is 14.5. The van der Waals surface area contributed by atoms with Crippen molar-refractivity contribution < 1.29 is 27.1 Å². The van der Waals surface area contributed by atoms with E-state index in [-0.39, 0.29) is 17.0 Å². The van der Waals surface area contributed by atoms with Crippen molar-refractivity contribution in [2.75, 3.05) is 23.3 Å². The molecular weight excluding hydrogens is 512 g/mol. The molecule has 1 saturated heterocycles. The summed E-state index contributed by atoms with van der Waals surface area (Å²) in [7, 11) is 0. The number of aromatic nitrogens is 2. The quantitative estimate of drug-likeness (QED) is 0.279. The van der Waals surface area contributed by atoms with Crippen molar-refractivity contribution >= 4 is 40.0 Å². The summed E-state index contributed by atoms with van der Waals surface area (Å²) in [6.45, 7) is 1.82. The van der Waals surface area contributed by atoms with Crippen molar-refractivity contribution in [1.29, 1.82) is 0 Å². The SMILES string of the molecule is O=C(Nc1ccc(F)c(Oc2ccc3ncc(N4CCCC4)nc3c2)c1)c1ccc(Cl)c(C(F)(F)F)c1. The van der Waals surface area contributed by atoms with Crippen molar-refractivity contribution in [2.45, 2.75) is 19.0 Å². The molecular formula is C26H19ClF4N4O2. The molecule has 1 amide bonds. The minimum absolute atomic E-state index is 0.127. The fraction of sp³-hybridized carbons (Fsp3) is 0.192. The van der Waals surface area contributed by atoms with Crippen LogP contribution in [0.4, 0.5) is 29.1 Å². The number of benzene rings is 3. The minimum atomic E-state index is -4.72. The molecule has 1 aliphatic rings. The van der Waals surface area contributed by atoms with Crippen LogP contribution in [-0.2, 0) is 6.18 Å². The van der Waals surface area contributed by atoms with E-state index in [1.54, 1.807) is 24.4 Å². The van der Waals surface area contributed by atoms with Crippen LogP contribution >= 0.6 is 11.6 Å². The van der Waals surface area contributed by atoms with Crippen LogP contribution in [-0.4, -0.2) is 29.0 Å². The predicted molar refractivity (Wildman–Crippen MR) is 132 cm³/mol. The number of amides is 1. The van der Waals surface area contributed by atoms with Crippen LogP contribution in [0.2, 0.25) is 5.02 Å². The summed E-state index contributed by atoms with van der Waals surface area (Å²) >= 11 is 5.62. The molecule has 37 heavy (non-hydrogen) atoms. The van der Waals surface area contributed by atoms with Gasteiger partial charge in [-0.2, -0.15) is 13.2 Å². The first kappa shape index (κ1) is 24.8. The van der Waals surface area contributed by atoms with E-state index in [0.29, 0.717) is 22.8 Å². The number of carbonyl (C=O) groups excluding carboxylic acids is 1. The number of hydrogen-bond donors (Lipinski definition) is 1. The summed E-state index contributed by atoms with van der Waals surface area (Å²) in [6.07, 6.45) is -0.810. The Morgan fingerprint density at radius 1 is 1.00 bits per heavy atom. The average Bonchev–Trinajstić information content (AvgIpc) is 3.40. The zero-order valence-electron chi connectivity index (χ0n) is 19.1. The molecule has 0 saturated carbocycles. The van der Waals surface area contributed by atoms with Crippen LogP contribution in [0.5, 0.6) is 11.5 Å². The standard InChI is InChI=1S/C26H19ClF4N4O2/c27-19-6-3-15(11-18(19)26(29,30)31)25(36)33-16-4-7-20(28)23(12-16)37-17-5-8-21-22(13-17)34-24(14-32-21)35-9-1-2-10-35/h3-8,11-14H,1-2,9-10H2,(H,33,36). The number of anilines is 2. The van der Waals surface area contributed by atoms with Gasteiger partial charge < -0.3 is 15.0 Å². The van der Waals surface area contributed by atoms with E-state index in [0.717, 1.165) is 43.9 Å². The number of rotatable bonds is 5. The van der Waals surface area contributed by atoms with Gasteiger partial charge in [0, 0.05) is 36.5 Å². The van der Waals surface area contributed by atoms with Gasteiger partial charge in [-0.25, -0.2) is 9.37 Å². The van der Waals surface area contributed by atoms with Gasteiger partial charge in [0.2, 0.25) is 0 Å². The number of hydrogen-bond acceptors (Lipinski definition) is 5. The van der Waals surface area contributed by atoms with Gasteiger partial charge in [0.15, 0.2) is 11.6 Å². The average molecular weight is 531 g/mol. The van der Waals surface area contributed by atoms with E-state index < -0.39 is 28.5 Å². The van der Waals surface area contributed by atoms with Crippen LogP contribution in [0.3, 0.4) is 0 Å². The van der Waals surface area contributed by atoms with Gasteiger partial charge in [0.25, 0.3) is 5.91 Å². The number of ether oxygens (including phenoxy) is 1. The second-order valence-corrected chi connectivity index (χ2v) is 8.87. The highest BCUT2D eigenvalue weighted by Gasteiger charge is 2.33. The summed E-state index contributed by atoms with van der Waals surface area (Å²) in [4.78, 5) is 23.8. The molecule has 0 bridgehead atoms. The van der Waals surface area contributed by atoms with Gasteiger partial charge in [0.1, 0.15) is 11.6 Å². The molecule has 190 valence electrons. The fourth-order valence-corrected chi connectivity index (χ4v) is 4.24. The number of fused-ring (bicyclic) bond motifs is 1. The topological polar surface area (TPSA) is 67.3 Å². The summed E-state index contributed by atoms with van der Waals surface area (Å²) in [5, 5.41) is 1.93. The Bertz CT molecular complexity index is 1490. The smallest absolute Gasteiger partial charge is 0.417 e. The third kappa shape index (κ3) is 5.43. The summed E-state index contributed by atoms with van der Waals surface area (Å²) in [5.41, 5.74) is -0.0302.